The summed E-state index contributed by atoms with van der Waals surface area (Å²) in [7, 11) is 0. The van der Waals surface area contributed by atoms with Crippen LogP contribution in [0.4, 0.5) is 0 Å². The molecule has 0 amide bonds. The Kier molecular flexibility index (Phi) is 44.8. The summed E-state index contributed by atoms with van der Waals surface area (Å²) in [6.07, 6.45) is 0.313. The molecule has 0 bridgehead atoms. The molecule has 0 rings (SSSR count). The molecule has 14 nitrogen and oxygen atoms in total. The lowest BCUT2D eigenvalue weighted by Gasteiger charge is -2.21. The Bertz CT molecular complexity index is 692. The minimum Gasteiger partial charge on any atom is -0.394 e. The maximum absolute atomic E-state index is 9.10. The van der Waals surface area contributed by atoms with Crippen LogP contribution in [0.1, 0.15) is 178 Å². The average Bonchev–Trinajstić information content (AvgIpc) is 3.11. The largest absolute Gasteiger partial charge is 0.394 e. The van der Waals surface area contributed by atoms with Gasteiger partial charge >= 0.3 is 0 Å². The first-order chi connectivity index (χ1) is 26.7. The first kappa shape index (κ1) is 71.1. The monoisotopic (exact) mass is 881 g/mol. The molecule has 372 valence electrons. The van der Waals surface area contributed by atoms with Crippen molar-refractivity contribution in [3.8, 4) is 0 Å². The second-order valence-corrected chi connectivity index (χ2v) is 20.5. The SMILES string of the molecule is CC(C)(C)OC[C@@H](O)CO.CC(C)(C)OC[C@H](O)CO.CCC(O)COC(C)(C)C.CCC(O)COC(C)(C)C.CC[C@@H](O)COC(C)(C)C.CC[C@H](O)COC(C)(C)C. The van der Waals surface area contributed by atoms with Crippen LogP contribution in [-0.4, -0.2) is 164 Å². The second kappa shape index (κ2) is 37.8. The smallest absolute Gasteiger partial charge is 0.100 e. The Morgan fingerprint density at radius 3 is 0.467 bits per heavy atom. The number of rotatable bonds is 18. The molecule has 14 heteroatoms. The molecule has 0 aromatic rings. The summed E-state index contributed by atoms with van der Waals surface area (Å²) in [6.45, 7) is 44.6. The van der Waals surface area contributed by atoms with Crippen LogP contribution in [0.15, 0.2) is 0 Å². The molecular weight excluding hydrogens is 776 g/mol. The van der Waals surface area contributed by atoms with Crippen LogP contribution in [0.5, 0.6) is 0 Å². The first-order valence-electron chi connectivity index (χ1n) is 21.9. The second-order valence-electron chi connectivity index (χ2n) is 20.5. The van der Waals surface area contributed by atoms with Gasteiger partial charge in [-0.1, -0.05) is 27.7 Å². The first-order valence-corrected chi connectivity index (χ1v) is 21.9. The highest BCUT2D eigenvalue weighted by Gasteiger charge is 2.16. The van der Waals surface area contributed by atoms with E-state index in [0.29, 0.717) is 26.4 Å². The van der Waals surface area contributed by atoms with Crippen molar-refractivity contribution in [1.82, 2.24) is 0 Å². The van der Waals surface area contributed by atoms with Gasteiger partial charge in [-0.2, -0.15) is 0 Å². The molecule has 0 aliphatic rings. The standard InChI is InChI=1S/4C8H18O2.2C7H16O3/c4*1-5-7(9)6-10-8(2,3)4;2*1-7(2,3)10-5-6(9)4-8/h4*7,9H,5-6H2,1-4H3;2*6,8-9H,4-5H2,1-3H3/t2*7-;;;2*6-/m10..10/s1. The third-order valence-electron chi connectivity index (χ3n) is 6.56. The van der Waals surface area contributed by atoms with Gasteiger partial charge in [-0.15, -0.1) is 0 Å². The lowest BCUT2D eigenvalue weighted by molar-refractivity contribution is -0.0614. The number of hydrogen-bond acceptors (Lipinski definition) is 14. The molecule has 0 saturated carbocycles. The summed E-state index contributed by atoms with van der Waals surface area (Å²) in [5, 5.41) is 70.9. The van der Waals surface area contributed by atoms with Crippen molar-refractivity contribution in [1.29, 1.82) is 0 Å². The maximum atomic E-state index is 9.10. The van der Waals surface area contributed by atoms with Crippen LogP contribution in [0.2, 0.25) is 0 Å². The predicted molar refractivity (Wildman–Crippen MR) is 246 cm³/mol. The molecule has 0 heterocycles. The van der Waals surface area contributed by atoms with Crippen molar-refractivity contribution in [3.05, 3.63) is 0 Å². The van der Waals surface area contributed by atoms with Gasteiger partial charge in [-0.05, 0) is 150 Å². The fraction of sp³-hybridized carbons (Fsp3) is 1.00. The van der Waals surface area contributed by atoms with Gasteiger partial charge in [0.15, 0.2) is 0 Å². The van der Waals surface area contributed by atoms with E-state index in [0.717, 1.165) is 25.7 Å². The molecule has 0 aliphatic heterocycles. The Labute approximate surface area is 369 Å². The summed E-state index contributed by atoms with van der Waals surface area (Å²) < 4.78 is 31.7. The van der Waals surface area contributed by atoms with Gasteiger partial charge in [-0.25, -0.2) is 0 Å². The molecule has 0 spiro atoms. The molecule has 60 heavy (non-hydrogen) atoms. The summed E-state index contributed by atoms with van der Waals surface area (Å²) in [6, 6.07) is 0. The molecule has 0 fully saturated rings. The summed E-state index contributed by atoms with van der Waals surface area (Å²) in [5.74, 6) is 0. The fourth-order valence-electron chi connectivity index (χ4n) is 2.65. The molecule has 0 radical (unpaired) electrons. The lowest BCUT2D eigenvalue weighted by atomic mass is 10.2. The van der Waals surface area contributed by atoms with Gasteiger partial charge in [0.1, 0.15) is 12.2 Å². The van der Waals surface area contributed by atoms with E-state index in [-0.39, 0.29) is 84.4 Å². The van der Waals surface area contributed by atoms with Crippen molar-refractivity contribution in [2.45, 2.75) is 248 Å². The molecule has 0 aromatic carbocycles. The highest BCUT2D eigenvalue weighted by molar-refractivity contribution is 4.64. The zero-order valence-corrected chi connectivity index (χ0v) is 43.0. The zero-order chi connectivity index (χ0) is 49.2. The van der Waals surface area contributed by atoms with Crippen LogP contribution in [0, 0.1) is 0 Å². The third-order valence-corrected chi connectivity index (χ3v) is 6.56. The molecule has 2 unspecified atom stereocenters. The Morgan fingerprint density at radius 2 is 0.383 bits per heavy atom. The minimum atomic E-state index is -0.751. The van der Waals surface area contributed by atoms with Gasteiger partial charge in [-0.3, -0.25) is 0 Å². The topological polar surface area (TPSA) is 217 Å². The van der Waals surface area contributed by atoms with Crippen molar-refractivity contribution in [3.63, 3.8) is 0 Å². The molecule has 0 saturated heterocycles. The maximum Gasteiger partial charge on any atom is 0.100 e. The Morgan fingerprint density at radius 1 is 0.267 bits per heavy atom. The molecule has 8 N–H and O–H groups in total. The van der Waals surface area contributed by atoms with E-state index in [1.807, 2.05) is 152 Å². The van der Waals surface area contributed by atoms with Crippen LogP contribution >= 0.6 is 0 Å². The van der Waals surface area contributed by atoms with E-state index >= 15 is 0 Å². The summed E-state index contributed by atoms with van der Waals surface area (Å²) >= 11 is 0. The van der Waals surface area contributed by atoms with Crippen molar-refractivity contribution in [2.75, 3.05) is 52.9 Å². The molecule has 0 aliphatic carbocycles. The molecule has 6 atom stereocenters. The lowest BCUT2D eigenvalue weighted by Crippen LogP contribution is -2.27. The van der Waals surface area contributed by atoms with Crippen LogP contribution in [-0.2, 0) is 28.4 Å². The van der Waals surface area contributed by atoms with Gasteiger partial charge in [0, 0.05) is 0 Å². The van der Waals surface area contributed by atoms with Gasteiger partial charge in [0.05, 0.1) is 111 Å². The van der Waals surface area contributed by atoms with E-state index in [1.165, 1.54) is 0 Å². The third kappa shape index (κ3) is 81.3. The quantitative estimate of drug-likeness (QED) is 0.0728. The number of aliphatic hydroxyl groups excluding tert-OH is 8. The number of aliphatic hydroxyl groups is 8. The van der Waals surface area contributed by atoms with Crippen molar-refractivity contribution < 1.29 is 69.3 Å². The normalized spacial score (nSPS) is 15.3. The minimum absolute atomic E-state index is 0.129. The number of hydrogen-bond donors (Lipinski definition) is 8. The van der Waals surface area contributed by atoms with Crippen LogP contribution in [0.3, 0.4) is 0 Å². The van der Waals surface area contributed by atoms with Crippen LogP contribution < -0.4 is 0 Å². The van der Waals surface area contributed by atoms with Crippen molar-refractivity contribution >= 4 is 0 Å². The molecular formula is C46H104O14. The van der Waals surface area contributed by atoms with E-state index in [9.17, 15) is 0 Å². The average molecular weight is 881 g/mol. The highest BCUT2D eigenvalue weighted by atomic mass is 16.5. The summed E-state index contributed by atoms with van der Waals surface area (Å²) in [4.78, 5) is 0. The number of ether oxygens (including phenoxy) is 6. The zero-order valence-electron chi connectivity index (χ0n) is 43.0. The highest BCUT2D eigenvalue weighted by Crippen LogP contribution is 2.11. The van der Waals surface area contributed by atoms with Crippen LogP contribution in [0.25, 0.3) is 0 Å². The van der Waals surface area contributed by atoms with Gasteiger partial charge in [0.2, 0.25) is 0 Å². The van der Waals surface area contributed by atoms with Crippen molar-refractivity contribution in [2.24, 2.45) is 0 Å². The van der Waals surface area contributed by atoms with Gasteiger partial charge in [0.25, 0.3) is 0 Å². The van der Waals surface area contributed by atoms with E-state index < -0.39 is 12.2 Å². The van der Waals surface area contributed by atoms with E-state index in [1.54, 1.807) is 0 Å². The predicted octanol–water partition coefficient (Wildman–Crippen LogP) is 6.60. The van der Waals surface area contributed by atoms with E-state index in [4.69, 9.17) is 69.3 Å². The Balaban J connectivity index is -0.000000146. The van der Waals surface area contributed by atoms with E-state index in [2.05, 4.69) is 0 Å². The molecule has 0 aromatic heterocycles. The fourth-order valence-corrected chi connectivity index (χ4v) is 2.65. The Hall–Kier alpha value is -0.560. The van der Waals surface area contributed by atoms with Gasteiger partial charge < -0.3 is 69.3 Å². The summed E-state index contributed by atoms with van der Waals surface area (Å²) in [5.41, 5.74) is -0.995.